The van der Waals surface area contributed by atoms with Gasteiger partial charge in [0.05, 0.1) is 12.6 Å². The van der Waals surface area contributed by atoms with E-state index in [9.17, 15) is 9.59 Å². The second-order valence-electron chi connectivity index (χ2n) is 4.85. The molecule has 0 saturated heterocycles. The predicted molar refractivity (Wildman–Crippen MR) is 74.2 cm³/mol. The van der Waals surface area contributed by atoms with E-state index in [-0.39, 0.29) is 12.6 Å². The van der Waals surface area contributed by atoms with Gasteiger partial charge in [-0.3, -0.25) is 9.59 Å². The number of aliphatic hydroxyl groups excluding tert-OH is 1. The molecular formula is C14H18N2O5. The second kappa shape index (κ2) is 6.11. The summed E-state index contributed by atoms with van der Waals surface area (Å²) in [6, 6.07) is 3.14. The minimum absolute atomic E-state index is 0.131. The van der Waals surface area contributed by atoms with Crippen molar-refractivity contribution in [1.82, 2.24) is 4.90 Å². The summed E-state index contributed by atoms with van der Waals surface area (Å²) in [5.74, 6) is 0.369. The van der Waals surface area contributed by atoms with Gasteiger partial charge in [-0.05, 0) is 25.1 Å². The zero-order chi connectivity index (χ0) is 15.6. The lowest BCUT2D eigenvalue weighted by molar-refractivity contribution is -0.133. The lowest BCUT2D eigenvalue weighted by Gasteiger charge is -2.26. The summed E-state index contributed by atoms with van der Waals surface area (Å²) in [6.45, 7) is 1.27. The van der Waals surface area contributed by atoms with E-state index in [0.29, 0.717) is 17.1 Å². The number of hydrogen-bond donors (Lipinski definition) is 2. The van der Waals surface area contributed by atoms with Gasteiger partial charge in [0, 0.05) is 12.6 Å². The first-order valence-corrected chi connectivity index (χ1v) is 6.52. The molecule has 1 aromatic carbocycles. The third kappa shape index (κ3) is 2.98. The van der Waals surface area contributed by atoms with Crippen molar-refractivity contribution >= 4 is 11.7 Å². The normalized spacial score (nSPS) is 15.4. The average Bonchev–Trinajstić information content (AvgIpc) is 2.98. The standard InChI is InChI=1S/C14H18N2O5/c1-8(16(2)14(19)10(15)6-17)13(18)9-3-4-11-12(5-9)21-7-20-11/h3-5,8,10,17H,6-7,15H2,1-2H3/t8?,10-/m0/s1. The number of ether oxygens (including phenoxy) is 2. The van der Waals surface area contributed by atoms with Crippen LogP contribution in [0.5, 0.6) is 11.5 Å². The Bertz CT molecular complexity index is 560. The number of hydrogen-bond acceptors (Lipinski definition) is 6. The van der Waals surface area contributed by atoms with E-state index in [1.54, 1.807) is 25.1 Å². The number of carbonyl (C=O) groups excluding carboxylic acids is 2. The van der Waals surface area contributed by atoms with Gasteiger partial charge in [0.2, 0.25) is 12.7 Å². The number of nitrogens with two attached hydrogens (primary N) is 1. The molecule has 1 heterocycles. The van der Waals surface area contributed by atoms with E-state index in [0.717, 1.165) is 0 Å². The molecule has 0 aliphatic carbocycles. The smallest absolute Gasteiger partial charge is 0.242 e. The summed E-state index contributed by atoms with van der Waals surface area (Å²) in [7, 11) is 1.48. The van der Waals surface area contributed by atoms with E-state index in [1.165, 1.54) is 11.9 Å². The fourth-order valence-corrected chi connectivity index (χ4v) is 2.00. The maximum atomic E-state index is 12.4. The molecule has 0 bridgehead atoms. The number of rotatable bonds is 5. The van der Waals surface area contributed by atoms with Crippen LogP contribution in [0.4, 0.5) is 0 Å². The van der Waals surface area contributed by atoms with Gasteiger partial charge in [-0.2, -0.15) is 0 Å². The zero-order valence-electron chi connectivity index (χ0n) is 11.9. The van der Waals surface area contributed by atoms with E-state index < -0.39 is 24.6 Å². The minimum Gasteiger partial charge on any atom is -0.454 e. The summed E-state index contributed by atoms with van der Waals surface area (Å²) in [5, 5.41) is 8.91. The van der Waals surface area contributed by atoms with Crippen LogP contribution in [0.15, 0.2) is 18.2 Å². The highest BCUT2D eigenvalue weighted by atomic mass is 16.7. The molecule has 1 aliphatic heterocycles. The Hall–Kier alpha value is -2.12. The lowest BCUT2D eigenvalue weighted by atomic mass is 10.0. The molecule has 7 heteroatoms. The number of likely N-dealkylation sites (N-methyl/N-ethyl adjacent to an activating group) is 1. The van der Waals surface area contributed by atoms with Crippen molar-refractivity contribution in [3.63, 3.8) is 0 Å². The molecule has 114 valence electrons. The predicted octanol–water partition coefficient (Wildman–Crippen LogP) is -0.235. The Kier molecular flexibility index (Phi) is 4.44. The molecule has 0 spiro atoms. The molecule has 7 nitrogen and oxygen atoms in total. The molecular weight excluding hydrogens is 276 g/mol. The van der Waals surface area contributed by atoms with Gasteiger partial charge in [0.15, 0.2) is 17.3 Å². The van der Waals surface area contributed by atoms with Crippen LogP contribution in [0.3, 0.4) is 0 Å². The molecule has 2 atom stereocenters. The molecule has 0 radical (unpaired) electrons. The van der Waals surface area contributed by atoms with Crippen molar-refractivity contribution in [1.29, 1.82) is 0 Å². The van der Waals surface area contributed by atoms with Gasteiger partial charge in [-0.25, -0.2) is 0 Å². The number of amides is 1. The number of carbonyl (C=O) groups is 2. The van der Waals surface area contributed by atoms with Crippen LogP contribution in [0.25, 0.3) is 0 Å². The SMILES string of the molecule is CC(C(=O)c1ccc2c(c1)OCO2)N(C)C(=O)[C@@H](N)CO. The highest BCUT2D eigenvalue weighted by Gasteiger charge is 2.27. The van der Waals surface area contributed by atoms with Gasteiger partial charge < -0.3 is 25.2 Å². The quantitative estimate of drug-likeness (QED) is 0.727. The van der Waals surface area contributed by atoms with Crippen molar-refractivity contribution in [3.05, 3.63) is 23.8 Å². The van der Waals surface area contributed by atoms with Crippen molar-refractivity contribution in [2.75, 3.05) is 20.4 Å². The average molecular weight is 294 g/mol. The maximum absolute atomic E-state index is 12.4. The summed E-state index contributed by atoms with van der Waals surface area (Å²) in [6.07, 6.45) is 0. The van der Waals surface area contributed by atoms with E-state index >= 15 is 0 Å². The molecule has 1 aromatic rings. The number of ketones is 1. The van der Waals surface area contributed by atoms with Crippen molar-refractivity contribution < 1.29 is 24.2 Å². The number of nitrogens with zero attached hydrogens (tertiary/aromatic N) is 1. The largest absolute Gasteiger partial charge is 0.454 e. The van der Waals surface area contributed by atoms with E-state index in [1.807, 2.05) is 0 Å². The van der Waals surface area contributed by atoms with E-state index in [2.05, 4.69) is 0 Å². The first kappa shape index (κ1) is 15.3. The fourth-order valence-electron chi connectivity index (χ4n) is 2.00. The minimum atomic E-state index is -1.03. The van der Waals surface area contributed by atoms with Gasteiger partial charge in [-0.1, -0.05) is 0 Å². The van der Waals surface area contributed by atoms with E-state index in [4.69, 9.17) is 20.3 Å². The molecule has 0 saturated carbocycles. The van der Waals surface area contributed by atoms with Crippen LogP contribution in [-0.2, 0) is 4.79 Å². The zero-order valence-corrected chi connectivity index (χ0v) is 11.9. The first-order valence-electron chi connectivity index (χ1n) is 6.52. The number of benzene rings is 1. The number of Topliss-reactive ketones (excluding diaryl/α,β-unsaturated/α-hetero) is 1. The molecule has 2 rings (SSSR count). The maximum Gasteiger partial charge on any atom is 0.242 e. The highest BCUT2D eigenvalue weighted by molar-refractivity contribution is 6.02. The molecule has 21 heavy (non-hydrogen) atoms. The third-order valence-corrected chi connectivity index (χ3v) is 3.48. The highest BCUT2D eigenvalue weighted by Crippen LogP contribution is 2.32. The monoisotopic (exact) mass is 294 g/mol. The van der Waals surface area contributed by atoms with Crippen molar-refractivity contribution in [2.45, 2.75) is 19.0 Å². The molecule has 1 unspecified atom stereocenters. The Morgan fingerprint density at radius 2 is 2.05 bits per heavy atom. The Morgan fingerprint density at radius 3 is 2.71 bits per heavy atom. The summed E-state index contributed by atoms with van der Waals surface area (Å²) in [5.41, 5.74) is 5.90. The topological polar surface area (TPSA) is 102 Å². The van der Waals surface area contributed by atoms with Crippen LogP contribution in [0.1, 0.15) is 17.3 Å². The van der Waals surface area contributed by atoms with Crippen LogP contribution in [-0.4, -0.2) is 54.2 Å². The van der Waals surface area contributed by atoms with Crippen LogP contribution >= 0.6 is 0 Å². The van der Waals surface area contributed by atoms with Gasteiger partial charge in [-0.15, -0.1) is 0 Å². The second-order valence-corrected chi connectivity index (χ2v) is 4.85. The molecule has 1 amide bonds. The molecule has 0 aromatic heterocycles. The van der Waals surface area contributed by atoms with Gasteiger partial charge >= 0.3 is 0 Å². The first-order chi connectivity index (χ1) is 9.95. The van der Waals surface area contributed by atoms with Gasteiger partial charge in [0.25, 0.3) is 0 Å². The Balaban J connectivity index is 2.14. The van der Waals surface area contributed by atoms with Crippen LogP contribution in [0.2, 0.25) is 0 Å². The van der Waals surface area contributed by atoms with Crippen molar-refractivity contribution in [3.8, 4) is 11.5 Å². The van der Waals surface area contributed by atoms with Crippen LogP contribution < -0.4 is 15.2 Å². The van der Waals surface area contributed by atoms with Crippen LogP contribution in [0, 0.1) is 0 Å². The fraction of sp³-hybridized carbons (Fsp3) is 0.429. The number of aliphatic hydroxyl groups is 1. The summed E-state index contributed by atoms with van der Waals surface area (Å²) >= 11 is 0. The number of fused-ring (bicyclic) bond motifs is 1. The Morgan fingerprint density at radius 1 is 1.38 bits per heavy atom. The molecule has 1 aliphatic rings. The lowest BCUT2D eigenvalue weighted by Crippen LogP contribution is -2.49. The van der Waals surface area contributed by atoms with Gasteiger partial charge in [0.1, 0.15) is 6.04 Å². The molecule has 0 fully saturated rings. The van der Waals surface area contributed by atoms with Crippen molar-refractivity contribution in [2.24, 2.45) is 5.73 Å². The Labute approximate surface area is 122 Å². The summed E-state index contributed by atoms with van der Waals surface area (Å²) < 4.78 is 10.4. The summed E-state index contributed by atoms with van der Waals surface area (Å²) in [4.78, 5) is 25.5. The molecule has 3 N–H and O–H groups in total. The third-order valence-electron chi connectivity index (χ3n) is 3.48.